The van der Waals surface area contributed by atoms with Crippen LogP contribution in [-0.4, -0.2) is 49.5 Å². The molecule has 4 rings (SSSR count). The lowest BCUT2D eigenvalue weighted by atomic mass is 9.87. The highest BCUT2D eigenvalue weighted by atomic mass is 79.9. The number of hydrogen-bond acceptors (Lipinski definition) is 8. The van der Waals surface area contributed by atoms with Crippen molar-refractivity contribution in [3.05, 3.63) is 40.5 Å². The Kier molecular flexibility index (Phi) is 7.90. The highest BCUT2D eigenvalue weighted by Crippen LogP contribution is 2.33. The first-order valence-electron chi connectivity index (χ1n) is 11.8. The summed E-state index contributed by atoms with van der Waals surface area (Å²) in [5.41, 5.74) is 5.55. The molecule has 10 nitrogen and oxygen atoms in total. The number of nitrogens with one attached hydrogen (secondary N) is 1. The second-order valence-electron chi connectivity index (χ2n) is 9.85. The van der Waals surface area contributed by atoms with Crippen molar-refractivity contribution in [3.8, 4) is 22.8 Å². The van der Waals surface area contributed by atoms with Crippen molar-refractivity contribution in [1.82, 2.24) is 30.5 Å². The second-order valence-corrected chi connectivity index (χ2v) is 10.8. The Morgan fingerprint density at radius 3 is 2.65 bits per heavy atom. The molecule has 3 aromatic rings. The van der Waals surface area contributed by atoms with Gasteiger partial charge in [0.05, 0.1) is 11.7 Å². The van der Waals surface area contributed by atoms with Crippen LogP contribution in [0.1, 0.15) is 46.5 Å². The molecule has 0 aliphatic heterocycles. The van der Waals surface area contributed by atoms with Gasteiger partial charge in [-0.25, -0.2) is 14.2 Å². The number of nitrogen functional groups attached to an aromatic ring is 1. The third kappa shape index (κ3) is 6.51. The zero-order chi connectivity index (χ0) is 26.7. The third-order valence-corrected chi connectivity index (χ3v) is 6.31. The van der Waals surface area contributed by atoms with Crippen molar-refractivity contribution in [2.24, 2.45) is 5.92 Å². The maximum atomic E-state index is 15.1. The molecule has 3 N–H and O–H groups in total. The first-order chi connectivity index (χ1) is 17.5. The molecule has 0 unspecified atom stereocenters. The number of ether oxygens (including phenoxy) is 2. The number of anilines is 1. The van der Waals surface area contributed by atoms with Gasteiger partial charge in [-0.3, -0.25) is 0 Å². The summed E-state index contributed by atoms with van der Waals surface area (Å²) in [5, 5.41) is 14.1. The Morgan fingerprint density at radius 1 is 1.22 bits per heavy atom. The van der Waals surface area contributed by atoms with Crippen molar-refractivity contribution >= 4 is 27.8 Å². The summed E-state index contributed by atoms with van der Waals surface area (Å²) >= 11 is 3.30. The largest absolute Gasteiger partial charge is 0.487 e. The average molecular weight is 580 g/mol. The smallest absolute Gasteiger partial charge is 0.407 e. The van der Waals surface area contributed by atoms with Crippen LogP contribution in [0.3, 0.4) is 0 Å². The van der Waals surface area contributed by atoms with Crippen molar-refractivity contribution in [3.63, 3.8) is 0 Å². The standard InChI is InChI=1S/C24H28BrF2N7O3/c1-24(2,3)37-23(35)30-11-13-4-6-15(7-5-13)36-18-9-8-17(19(26)20(18)27)34-22(31-32-33-34)16-10-14(25)12-29-21(16)28/h8-10,12-13,15H,4-7,11H2,1-3H3,(H2,28,29)(H,30,35). The van der Waals surface area contributed by atoms with E-state index in [1.807, 2.05) is 0 Å². The van der Waals surface area contributed by atoms with E-state index in [0.717, 1.165) is 17.5 Å². The van der Waals surface area contributed by atoms with Gasteiger partial charge in [-0.05, 0) is 96.9 Å². The minimum Gasteiger partial charge on any atom is -0.487 e. The fourth-order valence-electron chi connectivity index (χ4n) is 4.10. The van der Waals surface area contributed by atoms with E-state index in [0.29, 0.717) is 29.4 Å². The van der Waals surface area contributed by atoms with Crippen LogP contribution in [0.25, 0.3) is 17.1 Å². The molecule has 1 fully saturated rings. The molecule has 0 bridgehead atoms. The first-order valence-corrected chi connectivity index (χ1v) is 12.6. The van der Waals surface area contributed by atoms with Gasteiger partial charge >= 0.3 is 6.09 Å². The Bertz CT molecular complexity index is 1270. The van der Waals surface area contributed by atoms with Gasteiger partial charge in [-0.2, -0.15) is 9.07 Å². The Morgan fingerprint density at radius 2 is 1.95 bits per heavy atom. The number of nitrogens with zero attached hydrogens (tertiary/aromatic N) is 5. The molecule has 0 spiro atoms. The number of rotatable bonds is 6. The van der Waals surface area contributed by atoms with Gasteiger partial charge in [0.1, 0.15) is 17.1 Å². The number of carbonyl (C=O) groups is 1. The summed E-state index contributed by atoms with van der Waals surface area (Å²) in [7, 11) is 0. The number of pyridine rings is 1. The van der Waals surface area contributed by atoms with Crippen molar-refractivity contribution in [1.29, 1.82) is 0 Å². The number of alkyl carbamates (subject to hydrolysis) is 1. The second kappa shape index (κ2) is 11.0. The predicted octanol–water partition coefficient (Wildman–Crippen LogP) is 4.81. The number of aromatic nitrogens is 5. The summed E-state index contributed by atoms with van der Waals surface area (Å²) in [6.07, 6.45) is 3.63. The van der Waals surface area contributed by atoms with E-state index < -0.39 is 23.3 Å². The van der Waals surface area contributed by atoms with Crippen LogP contribution < -0.4 is 15.8 Å². The van der Waals surface area contributed by atoms with E-state index in [9.17, 15) is 4.79 Å². The molecule has 37 heavy (non-hydrogen) atoms. The summed E-state index contributed by atoms with van der Waals surface area (Å²) in [6, 6.07) is 4.35. The van der Waals surface area contributed by atoms with Crippen LogP contribution in [0.5, 0.6) is 5.75 Å². The zero-order valence-corrected chi connectivity index (χ0v) is 22.3. The Hall–Kier alpha value is -3.35. The number of halogens is 3. The predicted molar refractivity (Wildman–Crippen MR) is 135 cm³/mol. The molecule has 0 radical (unpaired) electrons. The van der Waals surface area contributed by atoms with E-state index in [2.05, 4.69) is 41.8 Å². The first kappa shape index (κ1) is 26.7. The van der Waals surface area contributed by atoms with E-state index >= 15 is 8.78 Å². The molecule has 0 atom stereocenters. The summed E-state index contributed by atoms with van der Waals surface area (Å²) < 4.78 is 42.9. The van der Waals surface area contributed by atoms with Gasteiger partial charge in [-0.1, -0.05) is 0 Å². The molecular formula is C24H28BrF2N7O3. The molecule has 1 amide bonds. The lowest BCUT2D eigenvalue weighted by Crippen LogP contribution is -2.37. The maximum Gasteiger partial charge on any atom is 0.407 e. The molecule has 2 heterocycles. The van der Waals surface area contributed by atoms with Crippen molar-refractivity contribution in [2.45, 2.75) is 58.2 Å². The molecule has 1 aliphatic carbocycles. The van der Waals surface area contributed by atoms with Gasteiger partial charge < -0.3 is 20.5 Å². The summed E-state index contributed by atoms with van der Waals surface area (Å²) in [4.78, 5) is 15.9. The fraction of sp³-hybridized carbons (Fsp3) is 0.458. The lowest BCUT2D eigenvalue weighted by Gasteiger charge is -2.29. The molecule has 2 aromatic heterocycles. The fourth-order valence-corrected chi connectivity index (χ4v) is 4.43. The zero-order valence-electron chi connectivity index (χ0n) is 20.7. The van der Waals surface area contributed by atoms with Crippen LogP contribution in [0, 0.1) is 17.6 Å². The maximum absolute atomic E-state index is 15.1. The SMILES string of the molecule is CC(C)(C)OC(=O)NCC1CCC(Oc2ccc(-n3nnnc3-c3cc(Br)cnc3N)c(F)c2F)CC1. The van der Waals surface area contributed by atoms with Crippen molar-refractivity contribution < 1.29 is 23.0 Å². The molecule has 1 aromatic carbocycles. The van der Waals surface area contributed by atoms with Crippen LogP contribution in [0.4, 0.5) is 19.4 Å². The number of carbonyl (C=O) groups excluding carboxylic acids is 1. The molecule has 1 aliphatic rings. The van der Waals surface area contributed by atoms with Crippen LogP contribution in [0.2, 0.25) is 0 Å². The van der Waals surface area contributed by atoms with E-state index in [-0.39, 0.29) is 35.1 Å². The molecule has 0 saturated heterocycles. The van der Waals surface area contributed by atoms with Gasteiger partial charge in [0, 0.05) is 17.2 Å². The minimum atomic E-state index is -1.15. The van der Waals surface area contributed by atoms with Crippen molar-refractivity contribution in [2.75, 3.05) is 12.3 Å². The van der Waals surface area contributed by atoms with Gasteiger partial charge in [0.15, 0.2) is 17.4 Å². The Balaban J connectivity index is 1.40. The topological polar surface area (TPSA) is 130 Å². The molecule has 198 valence electrons. The quantitative estimate of drug-likeness (QED) is 0.425. The number of benzene rings is 1. The number of tetrazole rings is 1. The summed E-state index contributed by atoms with van der Waals surface area (Å²) in [5.74, 6) is -1.96. The van der Waals surface area contributed by atoms with Gasteiger partial charge in [0.2, 0.25) is 5.82 Å². The molecular weight excluding hydrogens is 552 g/mol. The minimum absolute atomic E-state index is 0.108. The highest BCUT2D eigenvalue weighted by Gasteiger charge is 2.27. The monoisotopic (exact) mass is 579 g/mol. The number of hydrogen-bond donors (Lipinski definition) is 2. The molecule has 13 heteroatoms. The summed E-state index contributed by atoms with van der Waals surface area (Å²) in [6.45, 7) is 5.91. The van der Waals surface area contributed by atoms with E-state index in [1.165, 1.54) is 18.3 Å². The number of nitrogens with two attached hydrogens (primary N) is 1. The van der Waals surface area contributed by atoms with E-state index in [1.54, 1.807) is 26.8 Å². The normalized spacial score (nSPS) is 17.9. The van der Waals surface area contributed by atoms with E-state index in [4.69, 9.17) is 15.2 Å². The van der Waals surface area contributed by atoms with Crippen LogP contribution in [0.15, 0.2) is 28.9 Å². The highest BCUT2D eigenvalue weighted by molar-refractivity contribution is 9.10. The average Bonchev–Trinajstić information content (AvgIpc) is 3.31. The van der Waals surface area contributed by atoms with Crippen LogP contribution in [-0.2, 0) is 4.74 Å². The Labute approximate surface area is 221 Å². The van der Waals surface area contributed by atoms with Gasteiger partial charge in [0.25, 0.3) is 0 Å². The third-order valence-electron chi connectivity index (χ3n) is 5.87. The van der Waals surface area contributed by atoms with Gasteiger partial charge in [-0.15, -0.1) is 5.10 Å². The molecule has 1 saturated carbocycles. The number of amides is 1. The van der Waals surface area contributed by atoms with Crippen LogP contribution >= 0.6 is 15.9 Å². The lowest BCUT2D eigenvalue weighted by molar-refractivity contribution is 0.0507.